The summed E-state index contributed by atoms with van der Waals surface area (Å²) < 4.78 is 14.1. The maximum Gasteiger partial charge on any atom is 0.271 e. The number of methoxy groups -OCH3 is 2. The Balaban J connectivity index is 1.76. The molecule has 2 heterocycles. The first-order valence-electron chi connectivity index (χ1n) is 11.3. The van der Waals surface area contributed by atoms with E-state index in [2.05, 4.69) is 29.8 Å². The lowest BCUT2D eigenvalue weighted by Crippen LogP contribution is -2.42. The van der Waals surface area contributed by atoms with E-state index < -0.39 is 6.04 Å². The Bertz CT molecular complexity index is 1550. The zero-order chi connectivity index (χ0) is 24.9. The van der Waals surface area contributed by atoms with E-state index >= 15 is 0 Å². The lowest BCUT2D eigenvalue weighted by Gasteiger charge is -2.35. The molecule has 1 aliphatic carbocycles. The van der Waals surface area contributed by atoms with Crippen LogP contribution in [0.5, 0.6) is 11.5 Å². The van der Waals surface area contributed by atoms with Gasteiger partial charge in [-0.3, -0.25) is 14.2 Å². The van der Waals surface area contributed by atoms with Crippen molar-refractivity contribution in [1.29, 1.82) is 0 Å². The van der Waals surface area contributed by atoms with Crippen LogP contribution in [0.25, 0.3) is 6.08 Å². The third kappa shape index (κ3) is 4.29. The van der Waals surface area contributed by atoms with Crippen LogP contribution in [-0.4, -0.2) is 24.6 Å². The number of fused-ring (bicyclic) bond motifs is 1. The van der Waals surface area contributed by atoms with Gasteiger partial charge in [-0.15, -0.1) is 0 Å². The van der Waals surface area contributed by atoms with Gasteiger partial charge in [0, 0.05) is 16.5 Å². The molecule has 2 aromatic carbocycles. The highest BCUT2D eigenvalue weighted by Gasteiger charge is 2.40. The molecule has 2 aliphatic rings. The number of benzene rings is 2. The number of halogens is 1. The van der Waals surface area contributed by atoms with Gasteiger partial charge in [0.25, 0.3) is 5.56 Å². The van der Waals surface area contributed by atoms with Gasteiger partial charge in [-0.2, -0.15) is 0 Å². The van der Waals surface area contributed by atoms with Crippen molar-refractivity contribution in [2.45, 2.75) is 32.7 Å². The van der Waals surface area contributed by atoms with Crippen molar-refractivity contribution >= 4 is 39.1 Å². The van der Waals surface area contributed by atoms with Crippen LogP contribution in [0.2, 0.25) is 0 Å². The minimum atomic E-state index is -0.572. The van der Waals surface area contributed by atoms with Crippen LogP contribution in [0.1, 0.15) is 43.9 Å². The summed E-state index contributed by atoms with van der Waals surface area (Å²) >= 11 is 4.80. The van der Waals surface area contributed by atoms with E-state index in [0.29, 0.717) is 39.2 Å². The number of hydrogen-bond acceptors (Lipinski definition) is 6. The predicted molar refractivity (Wildman–Crippen MR) is 140 cm³/mol. The molecule has 0 amide bonds. The molecule has 0 spiro atoms. The predicted octanol–water partition coefficient (Wildman–Crippen LogP) is 4.38. The van der Waals surface area contributed by atoms with Crippen molar-refractivity contribution in [2.24, 2.45) is 10.4 Å². The highest BCUT2D eigenvalue weighted by atomic mass is 79.9. The Kier molecular flexibility index (Phi) is 6.05. The molecule has 1 aliphatic heterocycles. The molecule has 0 N–H and O–H groups in total. The average Bonchev–Trinajstić information content (AvgIpc) is 3.12. The topological polar surface area (TPSA) is 69.9 Å². The van der Waals surface area contributed by atoms with E-state index in [1.807, 2.05) is 48.5 Å². The Labute approximate surface area is 215 Å². The van der Waals surface area contributed by atoms with Crippen molar-refractivity contribution < 1.29 is 14.3 Å². The maximum atomic E-state index is 13.7. The van der Waals surface area contributed by atoms with Crippen LogP contribution in [0.4, 0.5) is 0 Å². The molecule has 3 aromatic rings. The van der Waals surface area contributed by atoms with Gasteiger partial charge in [0.05, 0.1) is 30.5 Å². The van der Waals surface area contributed by atoms with Crippen LogP contribution in [0.3, 0.4) is 0 Å². The lowest BCUT2D eigenvalue weighted by atomic mass is 9.73. The van der Waals surface area contributed by atoms with Crippen LogP contribution in [-0.2, 0) is 4.79 Å². The SMILES string of the molecule is COc1ccc(C2C3=C(CC(C)(C)CC3=O)N=c3sc(=Cc4ccc(Br)cc4)c(=O)n32)cc1OC. The summed E-state index contributed by atoms with van der Waals surface area (Å²) in [6, 6.07) is 12.7. The number of aromatic nitrogens is 1. The fourth-order valence-electron chi connectivity index (χ4n) is 4.80. The fourth-order valence-corrected chi connectivity index (χ4v) is 6.08. The molecule has 0 saturated carbocycles. The van der Waals surface area contributed by atoms with E-state index in [0.717, 1.165) is 21.3 Å². The molecule has 0 radical (unpaired) electrons. The molecular formula is C27H25BrN2O4S. The first-order chi connectivity index (χ1) is 16.7. The van der Waals surface area contributed by atoms with Crippen LogP contribution in [0, 0.1) is 5.41 Å². The van der Waals surface area contributed by atoms with E-state index in [9.17, 15) is 9.59 Å². The second-order valence-corrected chi connectivity index (χ2v) is 11.5. The molecule has 8 heteroatoms. The monoisotopic (exact) mass is 552 g/mol. The summed E-state index contributed by atoms with van der Waals surface area (Å²) in [5.41, 5.74) is 2.71. The third-order valence-corrected chi connectivity index (χ3v) is 7.90. The lowest BCUT2D eigenvalue weighted by molar-refractivity contribution is -0.118. The smallest absolute Gasteiger partial charge is 0.271 e. The Morgan fingerprint density at radius 2 is 1.77 bits per heavy atom. The number of ether oxygens (including phenoxy) is 2. The van der Waals surface area contributed by atoms with Gasteiger partial charge in [0.15, 0.2) is 22.1 Å². The van der Waals surface area contributed by atoms with E-state index in [1.165, 1.54) is 11.3 Å². The second-order valence-electron chi connectivity index (χ2n) is 9.55. The minimum Gasteiger partial charge on any atom is -0.493 e. The average molecular weight is 553 g/mol. The molecule has 0 fully saturated rings. The summed E-state index contributed by atoms with van der Waals surface area (Å²) in [6.07, 6.45) is 2.96. The molecule has 35 heavy (non-hydrogen) atoms. The first kappa shape index (κ1) is 23.8. The summed E-state index contributed by atoms with van der Waals surface area (Å²) in [6.45, 7) is 4.16. The van der Waals surface area contributed by atoms with Crippen molar-refractivity contribution in [1.82, 2.24) is 4.57 Å². The highest BCUT2D eigenvalue weighted by molar-refractivity contribution is 9.10. The van der Waals surface area contributed by atoms with E-state index in [4.69, 9.17) is 14.5 Å². The quantitative estimate of drug-likeness (QED) is 0.481. The number of ketones is 1. The molecule has 1 atom stereocenters. The summed E-state index contributed by atoms with van der Waals surface area (Å²) in [5, 5.41) is 0. The standard InChI is InChI=1S/C27H25BrN2O4S/c1-27(2)13-18-23(19(31)14-27)24(16-7-10-20(33-3)21(12-16)34-4)30-25(32)22(35-26(30)29-18)11-15-5-8-17(28)9-6-15/h5-12,24H,13-14H2,1-4H3. The zero-order valence-corrected chi connectivity index (χ0v) is 22.3. The summed E-state index contributed by atoms with van der Waals surface area (Å²) in [7, 11) is 3.15. The molecule has 180 valence electrons. The summed E-state index contributed by atoms with van der Waals surface area (Å²) in [4.78, 5) is 32.7. The Morgan fingerprint density at radius 1 is 1.06 bits per heavy atom. The number of nitrogens with zero attached hydrogens (tertiary/aromatic N) is 2. The number of carbonyl (C=O) groups excluding carboxylic acids is 1. The molecule has 5 rings (SSSR count). The summed E-state index contributed by atoms with van der Waals surface area (Å²) in [5.74, 6) is 1.16. The molecule has 1 aromatic heterocycles. The van der Waals surface area contributed by atoms with E-state index in [1.54, 1.807) is 18.8 Å². The number of rotatable bonds is 4. The molecule has 6 nitrogen and oxygen atoms in total. The number of carbonyl (C=O) groups is 1. The van der Waals surface area contributed by atoms with E-state index in [-0.39, 0.29) is 16.8 Å². The van der Waals surface area contributed by atoms with Crippen molar-refractivity contribution in [3.8, 4) is 11.5 Å². The minimum absolute atomic E-state index is 0.0296. The number of thiazole rings is 1. The third-order valence-electron chi connectivity index (χ3n) is 6.39. The molecule has 1 unspecified atom stereocenters. The van der Waals surface area contributed by atoms with Gasteiger partial charge in [-0.1, -0.05) is 59.3 Å². The highest BCUT2D eigenvalue weighted by Crippen LogP contribution is 2.44. The second kappa shape index (κ2) is 8.91. The molecule has 0 saturated heterocycles. The Hall–Kier alpha value is -2.97. The zero-order valence-electron chi connectivity index (χ0n) is 19.9. The fraction of sp³-hybridized carbons (Fsp3) is 0.296. The van der Waals surface area contributed by atoms with Crippen molar-refractivity contribution in [3.05, 3.63) is 89.0 Å². The van der Waals surface area contributed by atoms with Crippen molar-refractivity contribution in [3.63, 3.8) is 0 Å². The number of Topliss-reactive ketones (excluding diaryl/α,β-unsaturated/α-hetero) is 1. The number of hydrogen-bond donors (Lipinski definition) is 0. The normalized spacial score (nSPS) is 19.2. The van der Waals surface area contributed by atoms with Gasteiger partial charge in [0.1, 0.15) is 0 Å². The maximum absolute atomic E-state index is 13.7. The largest absolute Gasteiger partial charge is 0.493 e. The van der Waals surface area contributed by atoms with Crippen LogP contribution in [0.15, 0.2) is 68.0 Å². The first-order valence-corrected chi connectivity index (χ1v) is 12.9. The van der Waals surface area contributed by atoms with Gasteiger partial charge >= 0.3 is 0 Å². The molecule has 0 bridgehead atoms. The Morgan fingerprint density at radius 3 is 2.46 bits per heavy atom. The van der Waals surface area contributed by atoms with Crippen LogP contribution < -0.4 is 24.4 Å². The van der Waals surface area contributed by atoms with Gasteiger partial charge in [-0.25, -0.2) is 4.99 Å². The van der Waals surface area contributed by atoms with Gasteiger partial charge in [-0.05, 0) is 53.3 Å². The van der Waals surface area contributed by atoms with Crippen LogP contribution >= 0.6 is 27.3 Å². The van der Waals surface area contributed by atoms with Gasteiger partial charge < -0.3 is 9.47 Å². The molecular weight excluding hydrogens is 528 g/mol. The number of allylic oxidation sites excluding steroid dienone is 2. The van der Waals surface area contributed by atoms with Gasteiger partial charge in [0.2, 0.25) is 0 Å². The van der Waals surface area contributed by atoms with Crippen molar-refractivity contribution in [2.75, 3.05) is 14.2 Å².